The van der Waals surface area contributed by atoms with Crippen LogP contribution in [0.15, 0.2) is 29.8 Å². The van der Waals surface area contributed by atoms with Crippen molar-refractivity contribution in [1.82, 2.24) is 24.6 Å². The molecular formula is C22H27N5OS. The van der Waals surface area contributed by atoms with Gasteiger partial charge in [0.05, 0.1) is 23.7 Å². The van der Waals surface area contributed by atoms with Gasteiger partial charge in [-0.1, -0.05) is 6.07 Å². The number of aryl methyl sites for hydroxylation is 1. The molecule has 29 heavy (non-hydrogen) atoms. The average Bonchev–Trinajstić information content (AvgIpc) is 3.50. The molecule has 2 aliphatic heterocycles. The van der Waals surface area contributed by atoms with Crippen molar-refractivity contribution in [2.24, 2.45) is 0 Å². The van der Waals surface area contributed by atoms with Gasteiger partial charge in [-0.2, -0.15) is 5.10 Å². The van der Waals surface area contributed by atoms with Crippen molar-refractivity contribution in [2.45, 2.75) is 45.2 Å². The maximum atomic E-state index is 13.4. The summed E-state index contributed by atoms with van der Waals surface area (Å²) in [5.41, 5.74) is 2.40. The Morgan fingerprint density at radius 1 is 1.21 bits per heavy atom. The number of thiophene rings is 1. The number of pyridine rings is 1. The van der Waals surface area contributed by atoms with E-state index in [2.05, 4.69) is 21.4 Å². The van der Waals surface area contributed by atoms with Crippen LogP contribution in [-0.2, 0) is 6.54 Å². The standard InChI is InChI=1S/C22H27N5OS/c1-16-13-19(20-14-23-27(21(20)24-16)15-18-5-4-12-29-18)22(28)26-10-6-17(7-11-26)25-8-2-3-9-25/h4-5,12-14,17H,2-3,6-11,15H2,1H3. The molecule has 0 unspecified atom stereocenters. The molecule has 0 spiro atoms. The fourth-order valence-corrected chi connectivity index (χ4v) is 5.41. The zero-order valence-corrected chi connectivity index (χ0v) is 17.7. The van der Waals surface area contributed by atoms with E-state index in [1.807, 2.05) is 28.6 Å². The van der Waals surface area contributed by atoms with E-state index in [0.29, 0.717) is 12.6 Å². The maximum absolute atomic E-state index is 13.4. The molecule has 0 atom stereocenters. The molecule has 5 heterocycles. The number of fused-ring (bicyclic) bond motifs is 1. The van der Waals surface area contributed by atoms with Crippen LogP contribution in [0.4, 0.5) is 0 Å². The van der Waals surface area contributed by atoms with Crippen molar-refractivity contribution in [3.8, 4) is 0 Å². The lowest BCUT2D eigenvalue weighted by Crippen LogP contribution is -2.46. The van der Waals surface area contributed by atoms with Crippen LogP contribution in [0.5, 0.6) is 0 Å². The van der Waals surface area contributed by atoms with Gasteiger partial charge in [-0.05, 0) is 63.2 Å². The van der Waals surface area contributed by atoms with Gasteiger partial charge in [-0.15, -0.1) is 11.3 Å². The van der Waals surface area contributed by atoms with Gasteiger partial charge in [-0.3, -0.25) is 4.79 Å². The maximum Gasteiger partial charge on any atom is 0.254 e. The van der Waals surface area contributed by atoms with E-state index in [9.17, 15) is 4.79 Å². The van der Waals surface area contributed by atoms with Gasteiger partial charge >= 0.3 is 0 Å². The van der Waals surface area contributed by atoms with Crippen LogP contribution in [0.1, 0.15) is 46.6 Å². The van der Waals surface area contributed by atoms with Crippen molar-refractivity contribution in [2.75, 3.05) is 26.2 Å². The van der Waals surface area contributed by atoms with Crippen molar-refractivity contribution in [3.05, 3.63) is 45.9 Å². The number of likely N-dealkylation sites (tertiary alicyclic amines) is 2. The van der Waals surface area contributed by atoms with E-state index in [1.165, 1.54) is 30.8 Å². The number of carbonyl (C=O) groups is 1. The molecule has 2 fully saturated rings. The molecule has 0 aliphatic carbocycles. The normalized spacial score (nSPS) is 18.7. The number of aromatic nitrogens is 3. The summed E-state index contributed by atoms with van der Waals surface area (Å²) in [7, 11) is 0. The summed E-state index contributed by atoms with van der Waals surface area (Å²) in [5.74, 6) is 0.121. The molecule has 2 aliphatic rings. The van der Waals surface area contributed by atoms with Gasteiger partial charge in [-0.25, -0.2) is 9.67 Å². The first-order valence-electron chi connectivity index (χ1n) is 10.6. The molecule has 0 N–H and O–H groups in total. The second-order valence-corrected chi connectivity index (χ2v) is 9.23. The first kappa shape index (κ1) is 18.8. The minimum Gasteiger partial charge on any atom is -0.339 e. The Morgan fingerprint density at radius 3 is 2.72 bits per heavy atom. The Morgan fingerprint density at radius 2 is 2.00 bits per heavy atom. The van der Waals surface area contributed by atoms with Crippen molar-refractivity contribution in [3.63, 3.8) is 0 Å². The van der Waals surface area contributed by atoms with Gasteiger partial charge in [0, 0.05) is 29.7 Å². The Hall–Kier alpha value is -2.25. The zero-order chi connectivity index (χ0) is 19.8. The number of piperidine rings is 1. The quantitative estimate of drug-likeness (QED) is 0.661. The highest BCUT2D eigenvalue weighted by atomic mass is 32.1. The molecular weight excluding hydrogens is 382 g/mol. The third-order valence-electron chi connectivity index (χ3n) is 6.26. The predicted octanol–water partition coefficient (Wildman–Crippen LogP) is 3.55. The number of hydrogen-bond acceptors (Lipinski definition) is 5. The summed E-state index contributed by atoms with van der Waals surface area (Å²) in [6, 6.07) is 6.72. The van der Waals surface area contributed by atoms with Crippen molar-refractivity contribution < 1.29 is 4.79 Å². The Kier molecular flexibility index (Phi) is 5.09. The summed E-state index contributed by atoms with van der Waals surface area (Å²) >= 11 is 1.71. The molecule has 6 nitrogen and oxygen atoms in total. The van der Waals surface area contributed by atoms with Gasteiger partial charge in [0.25, 0.3) is 5.91 Å². The first-order chi connectivity index (χ1) is 14.2. The Balaban J connectivity index is 1.37. The van der Waals surface area contributed by atoms with Gasteiger partial charge in [0.1, 0.15) is 0 Å². The van der Waals surface area contributed by atoms with E-state index in [1.54, 1.807) is 17.5 Å². The minimum absolute atomic E-state index is 0.121. The lowest BCUT2D eigenvalue weighted by Gasteiger charge is -2.36. The second kappa shape index (κ2) is 7.88. The molecule has 0 aromatic carbocycles. The molecule has 0 bridgehead atoms. The van der Waals surface area contributed by atoms with E-state index in [0.717, 1.165) is 48.2 Å². The summed E-state index contributed by atoms with van der Waals surface area (Å²) in [6.45, 7) is 6.78. The third kappa shape index (κ3) is 3.69. The topological polar surface area (TPSA) is 54.3 Å². The van der Waals surface area contributed by atoms with E-state index in [4.69, 9.17) is 4.98 Å². The molecule has 2 saturated heterocycles. The molecule has 5 rings (SSSR count). The van der Waals surface area contributed by atoms with Crippen molar-refractivity contribution >= 4 is 28.3 Å². The van der Waals surface area contributed by atoms with Crippen molar-refractivity contribution in [1.29, 1.82) is 0 Å². The van der Waals surface area contributed by atoms with E-state index < -0.39 is 0 Å². The zero-order valence-electron chi connectivity index (χ0n) is 16.9. The fraction of sp³-hybridized carbons (Fsp3) is 0.500. The summed E-state index contributed by atoms with van der Waals surface area (Å²) in [6.07, 6.45) is 6.61. The Bertz CT molecular complexity index is 998. The SMILES string of the molecule is Cc1cc(C(=O)N2CCC(N3CCCC3)CC2)c2cnn(Cc3cccs3)c2n1. The number of carbonyl (C=O) groups excluding carboxylic acids is 1. The largest absolute Gasteiger partial charge is 0.339 e. The number of rotatable bonds is 4. The van der Waals surface area contributed by atoms with Crippen LogP contribution in [0.25, 0.3) is 11.0 Å². The highest BCUT2D eigenvalue weighted by Gasteiger charge is 2.29. The molecule has 7 heteroatoms. The smallest absolute Gasteiger partial charge is 0.254 e. The van der Waals surface area contributed by atoms with Gasteiger partial charge < -0.3 is 9.80 Å². The van der Waals surface area contributed by atoms with Crippen LogP contribution < -0.4 is 0 Å². The second-order valence-electron chi connectivity index (χ2n) is 8.20. The molecule has 3 aromatic rings. The number of hydrogen-bond donors (Lipinski definition) is 0. The summed E-state index contributed by atoms with van der Waals surface area (Å²) in [4.78, 5) is 23.9. The highest BCUT2D eigenvalue weighted by Crippen LogP contribution is 2.25. The molecule has 3 aromatic heterocycles. The lowest BCUT2D eigenvalue weighted by atomic mass is 10.0. The minimum atomic E-state index is 0.121. The van der Waals surface area contributed by atoms with Crippen LogP contribution >= 0.6 is 11.3 Å². The monoisotopic (exact) mass is 409 g/mol. The first-order valence-corrected chi connectivity index (χ1v) is 11.5. The molecule has 0 saturated carbocycles. The summed E-state index contributed by atoms with van der Waals surface area (Å²) < 4.78 is 1.91. The molecule has 0 radical (unpaired) electrons. The van der Waals surface area contributed by atoms with Gasteiger partial charge in [0.15, 0.2) is 5.65 Å². The number of nitrogens with zero attached hydrogens (tertiary/aromatic N) is 5. The summed E-state index contributed by atoms with van der Waals surface area (Å²) in [5, 5.41) is 7.48. The van der Waals surface area contributed by atoms with Crippen LogP contribution in [0.2, 0.25) is 0 Å². The molecule has 1 amide bonds. The van der Waals surface area contributed by atoms with Crippen LogP contribution in [0, 0.1) is 6.92 Å². The van der Waals surface area contributed by atoms with Crippen LogP contribution in [-0.4, -0.2) is 62.7 Å². The van der Waals surface area contributed by atoms with E-state index in [-0.39, 0.29) is 5.91 Å². The van der Waals surface area contributed by atoms with E-state index >= 15 is 0 Å². The molecule has 152 valence electrons. The fourth-order valence-electron chi connectivity index (χ4n) is 4.73. The average molecular weight is 410 g/mol. The predicted molar refractivity (Wildman–Crippen MR) is 115 cm³/mol. The lowest BCUT2D eigenvalue weighted by molar-refractivity contribution is 0.0646. The van der Waals surface area contributed by atoms with Gasteiger partial charge in [0.2, 0.25) is 0 Å². The van der Waals surface area contributed by atoms with Crippen LogP contribution in [0.3, 0.4) is 0 Å². The Labute approximate surface area is 175 Å². The number of amides is 1. The third-order valence-corrected chi connectivity index (χ3v) is 7.12. The highest BCUT2D eigenvalue weighted by molar-refractivity contribution is 7.09.